The van der Waals surface area contributed by atoms with Gasteiger partial charge in [0.15, 0.2) is 0 Å². The van der Waals surface area contributed by atoms with Gasteiger partial charge in [0, 0.05) is 34.1 Å². The molecule has 4 rings (SSSR count). The predicted molar refractivity (Wildman–Crippen MR) is 184 cm³/mol. The molecule has 0 fully saturated rings. The highest BCUT2D eigenvalue weighted by Crippen LogP contribution is 2.33. The fourth-order valence-corrected chi connectivity index (χ4v) is 4.72. The molecule has 0 unspecified atom stereocenters. The third-order valence-electron chi connectivity index (χ3n) is 6.81. The highest BCUT2D eigenvalue weighted by atomic mass is 15.1. The third kappa shape index (κ3) is 7.77. The molecule has 0 bridgehead atoms. The number of para-hydroxylation sites is 3. The van der Waals surface area contributed by atoms with Crippen LogP contribution >= 0.6 is 0 Å². The largest absolute Gasteiger partial charge is 0.311 e. The number of hydrogen-bond acceptors (Lipinski definition) is 2. The van der Waals surface area contributed by atoms with Crippen LogP contribution in [0.1, 0.15) is 33.3 Å². The van der Waals surface area contributed by atoms with Crippen LogP contribution in [-0.2, 0) is 0 Å². The molecule has 2 nitrogen and oxygen atoms in total. The summed E-state index contributed by atoms with van der Waals surface area (Å²) in [4.78, 5) is 4.45. The molecule has 0 aliphatic rings. The first-order chi connectivity index (χ1) is 20.5. The Hall–Kier alpha value is -5.08. The van der Waals surface area contributed by atoms with Crippen molar-refractivity contribution >= 4 is 28.3 Å². The van der Waals surface area contributed by atoms with E-state index in [1.807, 2.05) is 18.2 Å². The van der Waals surface area contributed by atoms with E-state index in [2.05, 4.69) is 184 Å². The molecule has 0 N–H and O–H groups in total. The molecule has 4 aromatic rings. The van der Waals surface area contributed by atoms with Gasteiger partial charge in [0.1, 0.15) is 0 Å². The Labute approximate surface area is 252 Å². The lowest BCUT2D eigenvalue weighted by molar-refractivity contribution is 1.20. The van der Waals surface area contributed by atoms with E-state index in [4.69, 9.17) is 0 Å². The predicted octanol–water partition coefficient (Wildman–Crippen LogP) is 11.6. The lowest BCUT2D eigenvalue weighted by atomic mass is 10.0. The molecule has 0 spiro atoms. The van der Waals surface area contributed by atoms with E-state index in [0.29, 0.717) is 0 Å². The lowest BCUT2D eigenvalue weighted by Gasteiger charge is -2.26. The van der Waals surface area contributed by atoms with Crippen LogP contribution in [0.4, 0.5) is 22.7 Å². The summed E-state index contributed by atoms with van der Waals surface area (Å²) in [5.41, 5.74) is 9.90. The molecule has 0 aromatic heterocycles. The van der Waals surface area contributed by atoms with E-state index >= 15 is 0 Å². The molecule has 0 heterocycles. The van der Waals surface area contributed by atoms with Crippen LogP contribution < -0.4 is 9.80 Å². The van der Waals surface area contributed by atoms with Gasteiger partial charge < -0.3 is 9.80 Å². The highest BCUT2D eigenvalue weighted by molar-refractivity contribution is 5.78. The molecule has 0 aliphatic heterocycles. The Morgan fingerprint density at radius 3 is 1.48 bits per heavy atom. The second kappa shape index (κ2) is 15.1. The maximum atomic E-state index is 4.43. The van der Waals surface area contributed by atoms with Crippen LogP contribution in [0.25, 0.3) is 5.57 Å². The fourth-order valence-electron chi connectivity index (χ4n) is 4.72. The standard InChI is InChI=1S/C40H40N2/c1-6-34(27-26-33(5)41(37-19-11-8-12-20-37)38-21-13-9-14-22-38)35-28-30-40(31-29-35)42(39-23-15-10-16-24-39)36(7-2)25-17-18-32(3)4/h6-31H,5H2,1-4H3/b25-17-,27-26-,34-6+,36-7+. The normalized spacial score (nSPS) is 12.0. The van der Waals surface area contributed by atoms with Gasteiger partial charge in [0.2, 0.25) is 0 Å². The van der Waals surface area contributed by atoms with Crippen molar-refractivity contribution in [2.24, 2.45) is 0 Å². The van der Waals surface area contributed by atoms with Gasteiger partial charge in [-0.3, -0.25) is 0 Å². The van der Waals surface area contributed by atoms with Crippen molar-refractivity contribution in [1.29, 1.82) is 0 Å². The van der Waals surface area contributed by atoms with E-state index in [1.165, 1.54) is 5.57 Å². The topological polar surface area (TPSA) is 6.48 Å². The Balaban J connectivity index is 1.62. The number of rotatable bonds is 11. The van der Waals surface area contributed by atoms with Crippen LogP contribution in [-0.4, -0.2) is 0 Å². The Bertz CT molecular complexity index is 1540. The molecule has 0 saturated carbocycles. The number of benzene rings is 4. The summed E-state index contributed by atoms with van der Waals surface area (Å²) in [6.45, 7) is 12.8. The number of anilines is 4. The minimum absolute atomic E-state index is 0.888. The quantitative estimate of drug-likeness (QED) is 0.172. The molecule has 2 heteroatoms. The van der Waals surface area contributed by atoms with Crippen molar-refractivity contribution in [3.8, 4) is 0 Å². The van der Waals surface area contributed by atoms with Gasteiger partial charge in [-0.05, 0) is 99.5 Å². The Morgan fingerprint density at radius 2 is 1.02 bits per heavy atom. The summed E-state index contributed by atoms with van der Waals surface area (Å²) >= 11 is 0. The second-order valence-corrected chi connectivity index (χ2v) is 10.1. The van der Waals surface area contributed by atoms with Gasteiger partial charge >= 0.3 is 0 Å². The van der Waals surface area contributed by atoms with Gasteiger partial charge in [-0.1, -0.05) is 109 Å². The average molecular weight is 549 g/mol. The summed E-state index contributed by atoms with van der Waals surface area (Å²) in [5, 5.41) is 0. The van der Waals surface area contributed by atoms with Crippen molar-refractivity contribution in [1.82, 2.24) is 0 Å². The minimum Gasteiger partial charge on any atom is -0.311 e. The SMILES string of the molecule is C=C(/C=C\C(=C/C)c1ccc(N(C(/C=C\C=C(C)C)=C/C)c2ccccc2)cc1)N(c1ccccc1)c1ccccc1. The van der Waals surface area contributed by atoms with E-state index in [0.717, 1.165) is 45.3 Å². The Morgan fingerprint density at radius 1 is 0.548 bits per heavy atom. The zero-order chi connectivity index (χ0) is 29.7. The smallest absolute Gasteiger partial charge is 0.0461 e. The highest BCUT2D eigenvalue weighted by Gasteiger charge is 2.13. The molecule has 0 aliphatic carbocycles. The van der Waals surface area contributed by atoms with E-state index < -0.39 is 0 Å². The zero-order valence-electron chi connectivity index (χ0n) is 25.1. The molecular formula is C40H40N2. The van der Waals surface area contributed by atoms with Gasteiger partial charge in [-0.25, -0.2) is 0 Å². The maximum absolute atomic E-state index is 4.43. The van der Waals surface area contributed by atoms with Crippen molar-refractivity contribution in [2.75, 3.05) is 9.80 Å². The zero-order valence-corrected chi connectivity index (χ0v) is 25.1. The van der Waals surface area contributed by atoms with Crippen LogP contribution in [0.2, 0.25) is 0 Å². The Kier molecular flexibility index (Phi) is 10.7. The van der Waals surface area contributed by atoms with Crippen molar-refractivity contribution in [2.45, 2.75) is 27.7 Å². The van der Waals surface area contributed by atoms with Gasteiger partial charge in [0.25, 0.3) is 0 Å². The number of nitrogens with zero attached hydrogens (tertiary/aromatic N) is 2. The summed E-state index contributed by atoms with van der Waals surface area (Å²) in [6.07, 6.45) is 14.9. The molecular weight excluding hydrogens is 508 g/mol. The molecule has 4 aromatic carbocycles. The van der Waals surface area contributed by atoms with Crippen molar-refractivity contribution in [3.63, 3.8) is 0 Å². The van der Waals surface area contributed by atoms with E-state index in [1.54, 1.807) is 0 Å². The van der Waals surface area contributed by atoms with E-state index in [9.17, 15) is 0 Å². The summed E-state index contributed by atoms with van der Waals surface area (Å²) in [5.74, 6) is 0. The maximum Gasteiger partial charge on any atom is 0.0461 e. The first kappa shape index (κ1) is 29.9. The van der Waals surface area contributed by atoms with Gasteiger partial charge in [-0.2, -0.15) is 0 Å². The van der Waals surface area contributed by atoms with Crippen LogP contribution in [0.15, 0.2) is 181 Å². The molecule has 42 heavy (non-hydrogen) atoms. The van der Waals surface area contributed by atoms with E-state index in [-0.39, 0.29) is 0 Å². The van der Waals surface area contributed by atoms with Crippen molar-refractivity contribution < 1.29 is 0 Å². The van der Waals surface area contributed by atoms with Crippen LogP contribution in [0, 0.1) is 0 Å². The van der Waals surface area contributed by atoms with Crippen molar-refractivity contribution in [3.05, 3.63) is 187 Å². The first-order valence-corrected chi connectivity index (χ1v) is 14.4. The minimum atomic E-state index is 0.888. The number of allylic oxidation sites excluding steroid dienone is 9. The monoisotopic (exact) mass is 548 g/mol. The average Bonchev–Trinajstić information content (AvgIpc) is 3.03. The second-order valence-electron chi connectivity index (χ2n) is 10.1. The number of hydrogen-bond donors (Lipinski definition) is 0. The van der Waals surface area contributed by atoms with Crippen LogP contribution in [0.5, 0.6) is 0 Å². The summed E-state index contributed by atoms with van der Waals surface area (Å²) in [7, 11) is 0. The molecule has 0 amide bonds. The molecule has 0 atom stereocenters. The van der Waals surface area contributed by atoms with Crippen LogP contribution in [0.3, 0.4) is 0 Å². The fraction of sp³-hybridized carbons (Fsp3) is 0.100. The van der Waals surface area contributed by atoms with Gasteiger partial charge in [-0.15, -0.1) is 0 Å². The van der Waals surface area contributed by atoms with Gasteiger partial charge in [0.05, 0.1) is 0 Å². The summed E-state index contributed by atoms with van der Waals surface area (Å²) in [6, 6.07) is 39.9. The molecule has 0 radical (unpaired) electrons. The third-order valence-corrected chi connectivity index (χ3v) is 6.81. The molecule has 210 valence electrons. The lowest BCUT2D eigenvalue weighted by Crippen LogP contribution is -2.15. The molecule has 0 saturated heterocycles. The summed E-state index contributed by atoms with van der Waals surface area (Å²) < 4.78 is 0. The first-order valence-electron chi connectivity index (χ1n) is 14.4.